The summed E-state index contributed by atoms with van der Waals surface area (Å²) in [5.74, 6) is -0.648. The molecule has 0 fully saturated rings. The first-order chi connectivity index (χ1) is 10.8. The standard InChI is InChI=1S/C14H13ClFN3O3S/c15-11-2-1-3-12(16)13(11)19-14(20)18-8-9-4-6-10(7-5-9)23(17,21)22/h1-7H,8H2,(H2,17,21,22)(H2,18,19,20). The molecule has 0 aliphatic rings. The van der Waals surface area contributed by atoms with Crippen molar-refractivity contribution in [3.63, 3.8) is 0 Å². The molecule has 122 valence electrons. The van der Waals surface area contributed by atoms with Gasteiger partial charge in [0, 0.05) is 6.54 Å². The molecule has 0 spiro atoms. The summed E-state index contributed by atoms with van der Waals surface area (Å²) in [5, 5.41) is 9.88. The predicted molar refractivity (Wildman–Crippen MR) is 85.1 cm³/mol. The van der Waals surface area contributed by atoms with Crippen LogP contribution >= 0.6 is 11.6 Å². The molecule has 0 saturated heterocycles. The van der Waals surface area contributed by atoms with E-state index >= 15 is 0 Å². The summed E-state index contributed by atoms with van der Waals surface area (Å²) in [4.78, 5) is 11.7. The fourth-order valence-electron chi connectivity index (χ4n) is 1.75. The van der Waals surface area contributed by atoms with E-state index in [0.29, 0.717) is 5.56 Å². The number of halogens is 2. The Morgan fingerprint density at radius 1 is 1.17 bits per heavy atom. The van der Waals surface area contributed by atoms with Crippen LogP contribution in [0.25, 0.3) is 0 Å². The van der Waals surface area contributed by atoms with Crippen LogP contribution in [-0.4, -0.2) is 14.4 Å². The minimum atomic E-state index is -3.76. The number of carbonyl (C=O) groups excluding carboxylic acids is 1. The van der Waals surface area contributed by atoms with Gasteiger partial charge in [-0.15, -0.1) is 0 Å². The van der Waals surface area contributed by atoms with Gasteiger partial charge in [-0.3, -0.25) is 0 Å². The Morgan fingerprint density at radius 2 is 1.83 bits per heavy atom. The first-order valence-corrected chi connectivity index (χ1v) is 8.30. The van der Waals surface area contributed by atoms with E-state index in [1.807, 2.05) is 0 Å². The largest absolute Gasteiger partial charge is 0.334 e. The number of amides is 2. The Kier molecular flexibility index (Phi) is 5.19. The lowest BCUT2D eigenvalue weighted by Gasteiger charge is -2.10. The predicted octanol–water partition coefficient (Wildman–Crippen LogP) is 2.45. The van der Waals surface area contributed by atoms with Crippen LogP contribution in [0, 0.1) is 5.82 Å². The molecule has 0 saturated carbocycles. The minimum Gasteiger partial charge on any atom is -0.334 e. The van der Waals surface area contributed by atoms with Crippen molar-refractivity contribution in [1.82, 2.24) is 5.32 Å². The van der Waals surface area contributed by atoms with Gasteiger partial charge in [-0.2, -0.15) is 0 Å². The normalized spacial score (nSPS) is 11.1. The number of rotatable bonds is 4. The maximum absolute atomic E-state index is 13.5. The summed E-state index contributed by atoms with van der Waals surface area (Å²) < 4.78 is 35.8. The Balaban J connectivity index is 1.97. The number of sulfonamides is 1. The lowest BCUT2D eigenvalue weighted by molar-refractivity contribution is 0.251. The summed E-state index contributed by atoms with van der Waals surface area (Å²) in [6, 6.07) is 9.09. The summed E-state index contributed by atoms with van der Waals surface area (Å²) in [6.45, 7) is 0.114. The second kappa shape index (κ2) is 6.95. The Morgan fingerprint density at radius 3 is 2.39 bits per heavy atom. The fraction of sp³-hybridized carbons (Fsp3) is 0.0714. The van der Waals surface area contributed by atoms with Crippen molar-refractivity contribution in [2.75, 3.05) is 5.32 Å². The van der Waals surface area contributed by atoms with E-state index in [1.54, 1.807) is 0 Å². The van der Waals surface area contributed by atoms with Crippen molar-refractivity contribution in [3.05, 3.63) is 58.9 Å². The van der Waals surface area contributed by atoms with Gasteiger partial charge in [0.25, 0.3) is 0 Å². The van der Waals surface area contributed by atoms with Gasteiger partial charge in [0.15, 0.2) is 0 Å². The van der Waals surface area contributed by atoms with Gasteiger partial charge in [0.2, 0.25) is 10.0 Å². The van der Waals surface area contributed by atoms with Crippen LogP contribution in [0.15, 0.2) is 47.4 Å². The zero-order valence-electron chi connectivity index (χ0n) is 11.7. The summed E-state index contributed by atoms with van der Waals surface area (Å²) in [7, 11) is -3.76. The SMILES string of the molecule is NS(=O)(=O)c1ccc(CNC(=O)Nc2c(F)cccc2Cl)cc1. The average molecular weight is 358 g/mol. The molecule has 2 aromatic carbocycles. The molecule has 2 amide bonds. The molecule has 4 N–H and O–H groups in total. The fourth-order valence-corrected chi connectivity index (χ4v) is 2.48. The Hall–Kier alpha value is -2.16. The number of nitrogens with two attached hydrogens (primary N) is 1. The molecule has 0 bridgehead atoms. The number of nitrogens with one attached hydrogen (secondary N) is 2. The lowest BCUT2D eigenvalue weighted by atomic mass is 10.2. The summed E-state index contributed by atoms with van der Waals surface area (Å²) in [5.41, 5.74) is 0.531. The number of para-hydroxylation sites is 1. The highest BCUT2D eigenvalue weighted by Crippen LogP contribution is 2.24. The van der Waals surface area contributed by atoms with Crippen molar-refractivity contribution >= 4 is 33.3 Å². The van der Waals surface area contributed by atoms with Gasteiger partial charge < -0.3 is 10.6 Å². The quantitative estimate of drug-likeness (QED) is 0.783. The molecule has 0 atom stereocenters. The van der Waals surface area contributed by atoms with E-state index in [0.717, 1.165) is 0 Å². The summed E-state index contributed by atoms with van der Waals surface area (Å²) in [6.07, 6.45) is 0. The zero-order chi connectivity index (χ0) is 17.0. The molecule has 6 nitrogen and oxygen atoms in total. The molecule has 0 aliphatic heterocycles. The number of hydrogen-bond acceptors (Lipinski definition) is 3. The maximum atomic E-state index is 13.5. The van der Waals surface area contributed by atoms with Crippen LogP contribution in [0.1, 0.15) is 5.56 Å². The highest BCUT2D eigenvalue weighted by molar-refractivity contribution is 7.89. The van der Waals surface area contributed by atoms with E-state index in [9.17, 15) is 17.6 Å². The number of carbonyl (C=O) groups is 1. The maximum Gasteiger partial charge on any atom is 0.319 e. The van der Waals surface area contributed by atoms with Crippen molar-refractivity contribution in [1.29, 1.82) is 0 Å². The molecule has 0 radical (unpaired) electrons. The first kappa shape index (κ1) is 17.2. The number of urea groups is 1. The van der Waals surface area contributed by atoms with E-state index in [4.69, 9.17) is 16.7 Å². The molecule has 0 unspecified atom stereocenters. The van der Waals surface area contributed by atoms with Crippen LogP contribution < -0.4 is 15.8 Å². The van der Waals surface area contributed by atoms with E-state index in [2.05, 4.69) is 10.6 Å². The van der Waals surface area contributed by atoms with E-state index in [-0.39, 0.29) is 22.2 Å². The van der Waals surface area contributed by atoms with Gasteiger partial charge in [0.1, 0.15) is 5.82 Å². The van der Waals surface area contributed by atoms with Gasteiger partial charge in [-0.05, 0) is 29.8 Å². The molecule has 0 aromatic heterocycles. The first-order valence-electron chi connectivity index (χ1n) is 6.38. The third kappa shape index (κ3) is 4.65. The molecular weight excluding hydrogens is 345 g/mol. The van der Waals surface area contributed by atoms with Gasteiger partial charge in [-0.1, -0.05) is 29.8 Å². The second-order valence-electron chi connectivity index (χ2n) is 4.59. The third-order valence-corrected chi connectivity index (χ3v) is 4.15. The Labute approximate surface area is 137 Å². The van der Waals surface area contributed by atoms with Crippen molar-refractivity contribution in [3.8, 4) is 0 Å². The molecule has 2 rings (SSSR count). The van der Waals surface area contributed by atoms with Crippen LogP contribution in [0.4, 0.5) is 14.9 Å². The average Bonchev–Trinajstić information content (AvgIpc) is 2.48. The molecule has 0 aliphatic carbocycles. The summed E-state index contributed by atoms with van der Waals surface area (Å²) >= 11 is 5.80. The zero-order valence-corrected chi connectivity index (χ0v) is 13.3. The molecule has 2 aromatic rings. The van der Waals surface area contributed by atoms with Crippen LogP contribution in [0.2, 0.25) is 5.02 Å². The van der Waals surface area contributed by atoms with Crippen LogP contribution in [0.5, 0.6) is 0 Å². The smallest absolute Gasteiger partial charge is 0.319 e. The number of primary sulfonamides is 1. The molecule has 9 heteroatoms. The van der Waals surface area contributed by atoms with Crippen LogP contribution in [0.3, 0.4) is 0 Å². The number of hydrogen-bond donors (Lipinski definition) is 3. The number of anilines is 1. The van der Waals surface area contributed by atoms with Crippen molar-refractivity contribution < 1.29 is 17.6 Å². The second-order valence-corrected chi connectivity index (χ2v) is 6.56. The van der Waals surface area contributed by atoms with Gasteiger partial charge in [-0.25, -0.2) is 22.7 Å². The van der Waals surface area contributed by atoms with Crippen molar-refractivity contribution in [2.45, 2.75) is 11.4 Å². The molecular formula is C14H13ClFN3O3S. The lowest BCUT2D eigenvalue weighted by Crippen LogP contribution is -2.28. The molecule has 23 heavy (non-hydrogen) atoms. The van der Waals surface area contributed by atoms with Gasteiger partial charge >= 0.3 is 6.03 Å². The van der Waals surface area contributed by atoms with Crippen LogP contribution in [-0.2, 0) is 16.6 Å². The van der Waals surface area contributed by atoms with E-state index < -0.39 is 21.9 Å². The molecule has 0 heterocycles. The van der Waals surface area contributed by atoms with Gasteiger partial charge in [0.05, 0.1) is 15.6 Å². The highest BCUT2D eigenvalue weighted by atomic mass is 35.5. The van der Waals surface area contributed by atoms with E-state index in [1.165, 1.54) is 42.5 Å². The highest BCUT2D eigenvalue weighted by Gasteiger charge is 2.11. The minimum absolute atomic E-state index is 0.0242. The number of benzene rings is 2. The topological polar surface area (TPSA) is 101 Å². The monoisotopic (exact) mass is 357 g/mol. The van der Waals surface area contributed by atoms with Crippen molar-refractivity contribution in [2.24, 2.45) is 5.14 Å². The Bertz CT molecular complexity index is 805. The third-order valence-electron chi connectivity index (χ3n) is 2.91.